The lowest BCUT2D eigenvalue weighted by Gasteiger charge is -2.25. The summed E-state index contributed by atoms with van der Waals surface area (Å²) in [5, 5.41) is 0.337. The van der Waals surface area contributed by atoms with Gasteiger partial charge < -0.3 is 24.5 Å². The predicted octanol–water partition coefficient (Wildman–Crippen LogP) is 4.17. The van der Waals surface area contributed by atoms with E-state index in [4.69, 9.17) is 14.9 Å². The van der Waals surface area contributed by atoms with Crippen molar-refractivity contribution in [2.24, 2.45) is 5.73 Å². The Morgan fingerprint density at radius 2 is 1.91 bits per heavy atom. The molecule has 4 rings (SSSR count). The van der Waals surface area contributed by atoms with Crippen LogP contribution in [0.1, 0.15) is 41.7 Å². The van der Waals surface area contributed by atoms with Crippen molar-refractivity contribution in [1.29, 1.82) is 0 Å². The van der Waals surface area contributed by atoms with Crippen LogP contribution in [0, 0.1) is 5.82 Å². The molecule has 2 amide bonds. The van der Waals surface area contributed by atoms with Gasteiger partial charge in [0.1, 0.15) is 28.5 Å². The molecule has 1 aliphatic heterocycles. The molecule has 0 aliphatic carbocycles. The third-order valence-electron chi connectivity index (χ3n) is 5.56. The molecule has 166 valence electrons. The van der Waals surface area contributed by atoms with Gasteiger partial charge in [-0.2, -0.15) is 0 Å². The average Bonchev–Trinajstić information content (AvgIpc) is 3.37. The number of nitrogens with two attached hydrogens (primary N) is 1. The van der Waals surface area contributed by atoms with Gasteiger partial charge >= 0.3 is 12.1 Å². The number of ether oxygens (including phenoxy) is 2. The fraction of sp³-hybridized carbons (Fsp3) is 0.261. The van der Waals surface area contributed by atoms with E-state index in [1.807, 2.05) is 0 Å². The van der Waals surface area contributed by atoms with E-state index in [9.17, 15) is 18.8 Å². The smallest absolute Gasteiger partial charge is 0.412 e. The number of benzene rings is 2. The zero-order valence-electron chi connectivity index (χ0n) is 17.5. The van der Waals surface area contributed by atoms with E-state index < -0.39 is 17.9 Å². The molecule has 1 atom stereocenters. The highest BCUT2D eigenvalue weighted by atomic mass is 19.1. The molecule has 0 saturated carbocycles. The summed E-state index contributed by atoms with van der Waals surface area (Å²) < 4.78 is 29.6. The van der Waals surface area contributed by atoms with Gasteiger partial charge in [0, 0.05) is 30.0 Å². The van der Waals surface area contributed by atoms with Gasteiger partial charge in [0.25, 0.3) is 0 Å². The summed E-state index contributed by atoms with van der Waals surface area (Å²) in [6.07, 6.45) is 0.338. The van der Waals surface area contributed by atoms with Crippen LogP contribution in [0.2, 0.25) is 0 Å². The van der Waals surface area contributed by atoms with Crippen molar-refractivity contribution in [2.75, 3.05) is 13.7 Å². The third-order valence-corrected chi connectivity index (χ3v) is 5.56. The van der Waals surface area contributed by atoms with Crippen LogP contribution in [0.3, 0.4) is 0 Å². The monoisotopic (exact) mass is 440 g/mol. The Balaban J connectivity index is 1.93. The Morgan fingerprint density at radius 1 is 1.19 bits per heavy atom. The maximum absolute atomic E-state index is 13.4. The number of hydrogen-bond acceptors (Lipinski definition) is 6. The van der Waals surface area contributed by atoms with Gasteiger partial charge in [0.2, 0.25) is 5.91 Å². The number of primary amides is 1. The van der Waals surface area contributed by atoms with Crippen LogP contribution < -0.4 is 10.5 Å². The van der Waals surface area contributed by atoms with E-state index in [0.29, 0.717) is 28.8 Å². The Labute approximate surface area is 182 Å². The van der Waals surface area contributed by atoms with E-state index in [0.717, 1.165) is 18.4 Å². The Morgan fingerprint density at radius 3 is 2.53 bits per heavy atom. The van der Waals surface area contributed by atoms with Crippen LogP contribution in [0.15, 0.2) is 40.8 Å². The van der Waals surface area contributed by atoms with Gasteiger partial charge in [-0.3, -0.25) is 4.79 Å². The van der Waals surface area contributed by atoms with Crippen LogP contribution in [0.25, 0.3) is 22.3 Å². The van der Waals surface area contributed by atoms with Crippen molar-refractivity contribution < 1.29 is 32.7 Å². The summed E-state index contributed by atoms with van der Waals surface area (Å²) in [7, 11) is 1.49. The Bertz CT molecular complexity index is 1220. The number of likely N-dealkylation sites (tertiary alicyclic amines) is 1. The second kappa shape index (κ2) is 8.33. The first-order valence-corrected chi connectivity index (χ1v) is 9.99. The van der Waals surface area contributed by atoms with Crippen LogP contribution in [-0.4, -0.2) is 36.5 Å². The van der Waals surface area contributed by atoms with E-state index in [1.165, 1.54) is 38.3 Å². The number of fused-ring (bicyclic) bond motifs is 1. The van der Waals surface area contributed by atoms with Gasteiger partial charge in [0.05, 0.1) is 13.2 Å². The first-order chi connectivity index (χ1) is 15.3. The minimum atomic E-state index is -1.26. The molecular formula is C23H21FN2O6. The molecule has 0 bridgehead atoms. The standard InChI is InChI=1S/C23H21FN2O6/c1-12(27)26-9-3-4-17(26)15-10-19-16(11-18(15)30-2)20(22(28)32-23(25)29)21(31-19)13-5-7-14(24)8-6-13/h5-8,10-11,17H,3-4,9H2,1-2H3,(H2,25,29). The first kappa shape index (κ1) is 21.4. The molecule has 8 nitrogen and oxygen atoms in total. The molecule has 32 heavy (non-hydrogen) atoms. The third kappa shape index (κ3) is 3.77. The molecule has 2 aromatic carbocycles. The Kier molecular flexibility index (Phi) is 5.56. The molecule has 1 aromatic heterocycles. The molecule has 0 spiro atoms. The van der Waals surface area contributed by atoms with Crippen molar-refractivity contribution in [2.45, 2.75) is 25.8 Å². The van der Waals surface area contributed by atoms with Crippen LogP contribution >= 0.6 is 0 Å². The lowest BCUT2D eigenvalue weighted by molar-refractivity contribution is -0.129. The topological polar surface area (TPSA) is 112 Å². The van der Waals surface area contributed by atoms with E-state index in [1.54, 1.807) is 17.0 Å². The van der Waals surface area contributed by atoms with Gasteiger partial charge in [-0.15, -0.1) is 0 Å². The fourth-order valence-corrected chi connectivity index (χ4v) is 4.19. The summed E-state index contributed by atoms with van der Waals surface area (Å²) in [4.78, 5) is 37.8. The molecule has 2 heterocycles. The number of amides is 2. The molecule has 1 saturated heterocycles. The van der Waals surface area contributed by atoms with Crippen molar-refractivity contribution in [3.8, 4) is 17.1 Å². The summed E-state index contributed by atoms with van der Waals surface area (Å²) in [6, 6.07) is 8.46. The zero-order chi connectivity index (χ0) is 23.0. The number of carbonyl (C=O) groups is 3. The van der Waals surface area contributed by atoms with Crippen LogP contribution in [0.4, 0.5) is 9.18 Å². The van der Waals surface area contributed by atoms with Crippen molar-refractivity contribution in [3.63, 3.8) is 0 Å². The van der Waals surface area contributed by atoms with E-state index in [2.05, 4.69) is 4.74 Å². The molecule has 1 unspecified atom stereocenters. The van der Waals surface area contributed by atoms with Crippen molar-refractivity contribution in [3.05, 3.63) is 53.3 Å². The highest BCUT2D eigenvalue weighted by molar-refractivity contribution is 6.11. The maximum atomic E-state index is 13.4. The van der Waals surface area contributed by atoms with Crippen molar-refractivity contribution in [1.82, 2.24) is 4.90 Å². The quantitative estimate of drug-likeness (QED) is 0.481. The molecule has 0 radical (unpaired) electrons. The second-order valence-electron chi connectivity index (χ2n) is 7.48. The summed E-state index contributed by atoms with van der Waals surface area (Å²) in [6.45, 7) is 2.15. The van der Waals surface area contributed by atoms with E-state index in [-0.39, 0.29) is 23.3 Å². The summed E-state index contributed by atoms with van der Waals surface area (Å²) >= 11 is 0. The number of furan rings is 1. The number of rotatable bonds is 4. The second-order valence-corrected chi connectivity index (χ2v) is 7.48. The maximum Gasteiger partial charge on any atom is 0.412 e. The van der Waals surface area contributed by atoms with Gasteiger partial charge in [0.15, 0.2) is 0 Å². The number of carbonyl (C=O) groups excluding carboxylic acids is 3. The fourth-order valence-electron chi connectivity index (χ4n) is 4.19. The number of esters is 1. The lowest BCUT2D eigenvalue weighted by Crippen LogP contribution is -2.28. The lowest BCUT2D eigenvalue weighted by atomic mass is 9.99. The number of halogens is 1. The Hall–Kier alpha value is -3.88. The average molecular weight is 440 g/mol. The normalized spacial score (nSPS) is 15.7. The van der Waals surface area contributed by atoms with Gasteiger partial charge in [-0.05, 0) is 49.2 Å². The molecule has 1 fully saturated rings. The number of nitrogens with zero attached hydrogens (tertiary/aromatic N) is 1. The molecule has 9 heteroatoms. The largest absolute Gasteiger partial charge is 0.496 e. The SMILES string of the molecule is COc1cc2c(C(=O)OC(N)=O)c(-c3ccc(F)cc3)oc2cc1C1CCCN1C(C)=O. The van der Waals surface area contributed by atoms with Crippen LogP contribution in [0.5, 0.6) is 5.75 Å². The predicted molar refractivity (Wildman–Crippen MR) is 113 cm³/mol. The molecule has 2 N–H and O–H groups in total. The van der Waals surface area contributed by atoms with Crippen LogP contribution in [-0.2, 0) is 9.53 Å². The summed E-state index contributed by atoms with van der Waals surface area (Å²) in [5.41, 5.74) is 6.47. The zero-order valence-corrected chi connectivity index (χ0v) is 17.5. The molecule has 3 aromatic rings. The first-order valence-electron chi connectivity index (χ1n) is 9.99. The van der Waals surface area contributed by atoms with Gasteiger partial charge in [-0.1, -0.05) is 0 Å². The number of methoxy groups -OCH3 is 1. The van der Waals surface area contributed by atoms with Crippen molar-refractivity contribution >= 4 is 28.9 Å². The molecule has 1 aliphatic rings. The minimum absolute atomic E-state index is 0.0369. The minimum Gasteiger partial charge on any atom is -0.496 e. The van der Waals surface area contributed by atoms with E-state index >= 15 is 0 Å². The van der Waals surface area contributed by atoms with Gasteiger partial charge in [-0.25, -0.2) is 14.0 Å². The number of hydrogen-bond donors (Lipinski definition) is 1. The summed E-state index contributed by atoms with van der Waals surface area (Å²) in [5.74, 6) is -0.959. The highest BCUT2D eigenvalue weighted by Crippen LogP contribution is 2.43. The highest BCUT2D eigenvalue weighted by Gasteiger charge is 2.32. The molecular weight excluding hydrogens is 419 g/mol.